The number of halogens is 4. The Hall–Kier alpha value is -2.81. The summed E-state index contributed by atoms with van der Waals surface area (Å²) >= 11 is 0. The summed E-state index contributed by atoms with van der Waals surface area (Å²) in [6.45, 7) is 3.47. The van der Waals surface area contributed by atoms with Gasteiger partial charge in [0.1, 0.15) is 17.8 Å². The number of likely N-dealkylation sites (tertiary alicyclic amines) is 1. The van der Waals surface area contributed by atoms with E-state index in [2.05, 4.69) is 20.2 Å². The van der Waals surface area contributed by atoms with E-state index in [9.17, 15) is 17.6 Å². The molecule has 5 rings (SSSR count). The van der Waals surface area contributed by atoms with Gasteiger partial charge in [0.25, 0.3) is 6.43 Å². The van der Waals surface area contributed by atoms with Crippen LogP contribution in [-0.2, 0) is 0 Å². The maximum Gasteiger partial charge on any atom is 0.266 e. The van der Waals surface area contributed by atoms with Crippen LogP contribution in [0.5, 0.6) is 0 Å². The number of alkyl halides is 3. The van der Waals surface area contributed by atoms with E-state index in [1.165, 1.54) is 12.1 Å². The molecule has 0 bridgehead atoms. The summed E-state index contributed by atoms with van der Waals surface area (Å²) in [6, 6.07) is 3.35. The lowest BCUT2D eigenvalue weighted by molar-refractivity contribution is 0.0440. The van der Waals surface area contributed by atoms with Crippen LogP contribution in [0.25, 0.3) is 0 Å². The molecule has 0 radical (unpaired) electrons. The van der Waals surface area contributed by atoms with E-state index in [-0.39, 0.29) is 11.1 Å². The molecule has 4 aliphatic rings. The van der Waals surface area contributed by atoms with Crippen molar-refractivity contribution in [1.82, 2.24) is 20.2 Å². The van der Waals surface area contributed by atoms with Gasteiger partial charge >= 0.3 is 0 Å². The molecule has 1 atom stereocenters. The molecule has 176 valence electrons. The molecule has 2 fully saturated rings. The quantitative estimate of drug-likeness (QED) is 0.635. The summed E-state index contributed by atoms with van der Waals surface area (Å²) < 4.78 is 54.3. The summed E-state index contributed by atoms with van der Waals surface area (Å²) in [4.78, 5) is 9.00. The molecule has 1 aromatic carbocycles. The van der Waals surface area contributed by atoms with Gasteiger partial charge in [-0.15, -0.1) is 0 Å². The zero-order valence-electron chi connectivity index (χ0n) is 18.6. The van der Waals surface area contributed by atoms with E-state index in [1.807, 2.05) is 31.7 Å². The fourth-order valence-corrected chi connectivity index (χ4v) is 4.70. The Morgan fingerprint density at radius 2 is 1.91 bits per heavy atom. The van der Waals surface area contributed by atoms with Crippen LogP contribution in [0.1, 0.15) is 43.4 Å². The van der Waals surface area contributed by atoms with Crippen molar-refractivity contribution in [2.24, 2.45) is 4.99 Å². The highest BCUT2D eigenvalue weighted by molar-refractivity contribution is 6.04. The highest BCUT2D eigenvalue weighted by Crippen LogP contribution is 2.45. The normalized spacial score (nSPS) is 24.3. The molecule has 1 saturated heterocycles. The molecule has 9 heteroatoms. The SMILES string of the molecule is CC(N=C1NN(C)C=C2C=CN(C3(CN4CC(F)C4)CC3)C=C21)c1cccc(C(F)F)c1F. The minimum absolute atomic E-state index is 0.0487. The number of hydrogen-bond acceptors (Lipinski definition) is 4. The average molecular weight is 462 g/mol. The van der Waals surface area contributed by atoms with E-state index in [4.69, 9.17) is 0 Å². The summed E-state index contributed by atoms with van der Waals surface area (Å²) in [6.07, 6.45) is 6.46. The fraction of sp³-hybridized carbons (Fsp3) is 0.458. The molecule has 1 aromatic rings. The number of nitrogens with zero attached hydrogens (tertiary/aromatic N) is 4. The monoisotopic (exact) mass is 461 g/mol. The fourth-order valence-electron chi connectivity index (χ4n) is 4.70. The lowest BCUT2D eigenvalue weighted by Gasteiger charge is -2.41. The van der Waals surface area contributed by atoms with Gasteiger partial charge in [0.15, 0.2) is 0 Å². The second kappa shape index (κ2) is 8.20. The van der Waals surface area contributed by atoms with Gasteiger partial charge in [-0.2, -0.15) is 0 Å². The first kappa shape index (κ1) is 22.0. The van der Waals surface area contributed by atoms with Crippen LogP contribution in [0.3, 0.4) is 0 Å². The van der Waals surface area contributed by atoms with Crippen LogP contribution in [0, 0.1) is 5.82 Å². The van der Waals surface area contributed by atoms with E-state index < -0.39 is 30.0 Å². The molecule has 1 saturated carbocycles. The summed E-state index contributed by atoms with van der Waals surface area (Å²) in [5.41, 5.74) is 4.45. The molecular formula is C24H27F4N5. The third-order valence-corrected chi connectivity index (χ3v) is 6.74. The molecule has 1 aliphatic carbocycles. The molecule has 3 aliphatic heterocycles. The molecule has 0 spiro atoms. The van der Waals surface area contributed by atoms with Crippen molar-refractivity contribution in [2.75, 3.05) is 26.7 Å². The van der Waals surface area contributed by atoms with Crippen molar-refractivity contribution in [3.8, 4) is 0 Å². The topological polar surface area (TPSA) is 34.1 Å². The standard InChI is InChI=1S/C24H27F4N5/c1-15(18-4-3-5-19(21(18)26)22(27)28)29-23-20-13-33(9-6-16(20)10-31(2)30-23)24(7-8-24)14-32-11-17(25)12-32/h3-6,9-10,13,15,17,22H,7-8,11-12,14H2,1-2H3,(H,29,30). The molecule has 5 nitrogen and oxygen atoms in total. The molecule has 0 aromatic heterocycles. The first-order chi connectivity index (χ1) is 15.8. The van der Waals surface area contributed by atoms with Gasteiger partial charge in [-0.05, 0) is 25.8 Å². The van der Waals surface area contributed by atoms with Crippen molar-refractivity contribution in [3.05, 3.63) is 71.0 Å². The Morgan fingerprint density at radius 1 is 1.18 bits per heavy atom. The van der Waals surface area contributed by atoms with Crippen LogP contribution >= 0.6 is 0 Å². The van der Waals surface area contributed by atoms with Crippen LogP contribution in [-0.4, -0.2) is 59.0 Å². The van der Waals surface area contributed by atoms with Crippen molar-refractivity contribution in [3.63, 3.8) is 0 Å². The Morgan fingerprint density at radius 3 is 2.58 bits per heavy atom. The van der Waals surface area contributed by atoms with Crippen molar-refractivity contribution < 1.29 is 17.6 Å². The molecule has 33 heavy (non-hydrogen) atoms. The van der Waals surface area contributed by atoms with Crippen LogP contribution in [0.4, 0.5) is 17.6 Å². The molecule has 3 heterocycles. The predicted octanol–water partition coefficient (Wildman–Crippen LogP) is 4.46. The minimum Gasteiger partial charge on any atom is -0.346 e. The Kier molecular flexibility index (Phi) is 5.47. The number of rotatable bonds is 6. The molecule has 0 amide bonds. The molecule has 1 N–H and O–H groups in total. The summed E-state index contributed by atoms with van der Waals surface area (Å²) in [5, 5.41) is 1.76. The van der Waals surface area contributed by atoms with Gasteiger partial charge in [-0.1, -0.05) is 18.2 Å². The zero-order valence-corrected chi connectivity index (χ0v) is 18.6. The number of benzene rings is 1. The molecule has 1 unspecified atom stereocenters. The third-order valence-electron chi connectivity index (χ3n) is 6.74. The Bertz CT molecular complexity index is 1050. The Balaban J connectivity index is 1.43. The van der Waals surface area contributed by atoms with Gasteiger partial charge in [0, 0.05) is 62.0 Å². The number of nitrogens with one attached hydrogen (secondary N) is 1. The minimum atomic E-state index is -2.88. The highest BCUT2D eigenvalue weighted by atomic mass is 19.3. The summed E-state index contributed by atoms with van der Waals surface area (Å²) in [5.74, 6) is -0.372. The van der Waals surface area contributed by atoms with Gasteiger partial charge in [0.05, 0.1) is 17.1 Å². The maximum absolute atomic E-state index is 14.7. The van der Waals surface area contributed by atoms with Gasteiger partial charge < -0.3 is 4.90 Å². The van der Waals surface area contributed by atoms with Gasteiger partial charge in [-0.25, -0.2) is 17.6 Å². The van der Waals surface area contributed by atoms with Crippen LogP contribution in [0.2, 0.25) is 0 Å². The van der Waals surface area contributed by atoms with Gasteiger partial charge in [-0.3, -0.25) is 20.3 Å². The second-order valence-electron chi connectivity index (χ2n) is 9.29. The second-order valence-corrected chi connectivity index (χ2v) is 9.29. The maximum atomic E-state index is 14.7. The lowest BCUT2D eigenvalue weighted by atomic mass is 10.00. The van der Waals surface area contributed by atoms with Crippen LogP contribution in [0.15, 0.2) is 59.0 Å². The van der Waals surface area contributed by atoms with Crippen molar-refractivity contribution in [1.29, 1.82) is 0 Å². The van der Waals surface area contributed by atoms with Gasteiger partial charge in [0.2, 0.25) is 0 Å². The zero-order chi connectivity index (χ0) is 23.3. The number of aliphatic imine (C=N–C) groups is 1. The number of fused-ring (bicyclic) bond motifs is 1. The Labute approximate surface area is 190 Å². The van der Waals surface area contributed by atoms with Crippen molar-refractivity contribution in [2.45, 2.75) is 43.9 Å². The highest BCUT2D eigenvalue weighted by Gasteiger charge is 2.50. The largest absolute Gasteiger partial charge is 0.346 e. The molecular weight excluding hydrogens is 434 g/mol. The predicted molar refractivity (Wildman–Crippen MR) is 119 cm³/mol. The van der Waals surface area contributed by atoms with E-state index in [0.29, 0.717) is 18.9 Å². The number of hydrogen-bond donors (Lipinski definition) is 1. The number of allylic oxidation sites excluding steroid dienone is 1. The first-order valence-corrected chi connectivity index (χ1v) is 11.2. The van der Waals surface area contributed by atoms with E-state index in [0.717, 1.165) is 36.6 Å². The van der Waals surface area contributed by atoms with Crippen LogP contribution < -0.4 is 5.43 Å². The summed E-state index contributed by atoms with van der Waals surface area (Å²) in [7, 11) is 1.84. The van der Waals surface area contributed by atoms with E-state index in [1.54, 1.807) is 11.9 Å². The third kappa shape index (κ3) is 4.14. The number of hydrazine groups is 1. The van der Waals surface area contributed by atoms with E-state index >= 15 is 0 Å². The first-order valence-electron chi connectivity index (χ1n) is 11.2. The average Bonchev–Trinajstić information content (AvgIpc) is 3.53. The number of amidine groups is 1. The van der Waals surface area contributed by atoms with Crippen molar-refractivity contribution >= 4 is 5.84 Å². The lowest BCUT2D eigenvalue weighted by Crippen LogP contribution is -2.54. The smallest absolute Gasteiger partial charge is 0.266 e.